The molecule has 2 N–H and O–H groups in total. The second-order valence-corrected chi connectivity index (χ2v) is 5.92. The highest BCUT2D eigenvalue weighted by atomic mass is 16.7. The highest BCUT2D eigenvalue weighted by Crippen LogP contribution is 2.37. The second-order valence-electron chi connectivity index (χ2n) is 5.92. The summed E-state index contributed by atoms with van der Waals surface area (Å²) in [4.78, 5) is 4.92. The number of hydrogen-bond donors (Lipinski definition) is 1. The quantitative estimate of drug-likeness (QED) is 0.706. The molecule has 18 heavy (non-hydrogen) atoms. The summed E-state index contributed by atoms with van der Waals surface area (Å²) in [5.41, 5.74) is 6.33. The van der Waals surface area contributed by atoms with Crippen LogP contribution in [-0.2, 0) is 9.47 Å². The zero-order chi connectivity index (χ0) is 12.6. The molecule has 3 aliphatic rings. The molecule has 2 saturated heterocycles. The predicted molar refractivity (Wildman–Crippen MR) is 69.3 cm³/mol. The average Bonchev–Trinajstić information content (AvgIpc) is 2.82. The van der Waals surface area contributed by atoms with E-state index in [1.165, 1.54) is 0 Å². The van der Waals surface area contributed by atoms with Crippen molar-refractivity contribution in [2.45, 2.75) is 37.1 Å². The van der Waals surface area contributed by atoms with Crippen molar-refractivity contribution in [1.82, 2.24) is 9.80 Å². The molecule has 1 saturated carbocycles. The largest absolute Gasteiger partial charge is 0.347 e. The van der Waals surface area contributed by atoms with Gasteiger partial charge in [0.15, 0.2) is 5.79 Å². The molecule has 0 radical (unpaired) electrons. The van der Waals surface area contributed by atoms with E-state index in [1.54, 1.807) is 0 Å². The van der Waals surface area contributed by atoms with Crippen molar-refractivity contribution in [2.75, 3.05) is 46.4 Å². The molecule has 0 aromatic heterocycles. The lowest BCUT2D eigenvalue weighted by atomic mass is 9.85. The fourth-order valence-electron chi connectivity index (χ4n) is 3.46. The molecule has 5 nitrogen and oxygen atoms in total. The van der Waals surface area contributed by atoms with Crippen molar-refractivity contribution < 1.29 is 9.47 Å². The minimum atomic E-state index is -0.316. The van der Waals surface area contributed by atoms with Gasteiger partial charge in [-0.3, -0.25) is 4.90 Å². The topological polar surface area (TPSA) is 51.0 Å². The molecular weight excluding hydrogens is 230 g/mol. The Hall–Kier alpha value is -0.200. The van der Waals surface area contributed by atoms with Crippen LogP contribution in [0.2, 0.25) is 0 Å². The summed E-state index contributed by atoms with van der Waals surface area (Å²) in [6, 6.07) is 0.692. The predicted octanol–water partition coefficient (Wildman–Crippen LogP) is -0.143. The minimum Gasteiger partial charge on any atom is -0.347 e. The zero-order valence-electron chi connectivity index (χ0n) is 11.3. The van der Waals surface area contributed by atoms with Crippen LogP contribution >= 0.6 is 0 Å². The highest BCUT2D eigenvalue weighted by Gasteiger charge is 2.46. The van der Waals surface area contributed by atoms with Gasteiger partial charge in [0.2, 0.25) is 0 Å². The zero-order valence-corrected chi connectivity index (χ0v) is 11.3. The summed E-state index contributed by atoms with van der Waals surface area (Å²) in [7, 11) is 2.18. The fourth-order valence-corrected chi connectivity index (χ4v) is 3.46. The first-order valence-electron chi connectivity index (χ1n) is 7.15. The molecule has 2 atom stereocenters. The van der Waals surface area contributed by atoms with Gasteiger partial charge in [0, 0.05) is 51.1 Å². The van der Waals surface area contributed by atoms with Gasteiger partial charge in [-0.15, -0.1) is 0 Å². The van der Waals surface area contributed by atoms with Gasteiger partial charge in [-0.25, -0.2) is 0 Å². The summed E-state index contributed by atoms with van der Waals surface area (Å²) < 4.78 is 11.7. The maximum absolute atomic E-state index is 6.33. The molecule has 2 heterocycles. The number of rotatable bonds is 1. The van der Waals surface area contributed by atoms with E-state index in [9.17, 15) is 0 Å². The smallest absolute Gasteiger partial charge is 0.170 e. The lowest BCUT2D eigenvalue weighted by Gasteiger charge is -2.46. The molecule has 0 aromatic rings. The fraction of sp³-hybridized carbons (Fsp3) is 1.00. The first kappa shape index (κ1) is 12.8. The third-order valence-corrected chi connectivity index (χ3v) is 4.69. The van der Waals surface area contributed by atoms with Crippen LogP contribution < -0.4 is 5.73 Å². The molecule has 5 heteroatoms. The van der Waals surface area contributed by atoms with E-state index in [-0.39, 0.29) is 11.8 Å². The molecule has 2 aliphatic heterocycles. The van der Waals surface area contributed by atoms with E-state index in [2.05, 4.69) is 16.8 Å². The van der Waals surface area contributed by atoms with Gasteiger partial charge in [-0.05, 0) is 13.5 Å². The van der Waals surface area contributed by atoms with Crippen LogP contribution in [0.25, 0.3) is 0 Å². The van der Waals surface area contributed by atoms with E-state index in [0.29, 0.717) is 6.04 Å². The van der Waals surface area contributed by atoms with Gasteiger partial charge in [0.25, 0.3) is 0 Å². The molecule has 2 unspecified atom stereocenters. The number of hydrogen-bond acceptors (Lipinski definition) is 5. The van der Waals surface area contributed by atoms with Crippen LogP contribution in [0, 0.1) is 0 Å². The Morgan fingerprint density at radius 3 is 2.44 bits per heavy atom. The van der Waals surface area contributed by atoms with Crippen molar-refractivity contribution in [2.24, 2.45) is 5.73 Å². The van der Waals surface area contributed by atoms with Crippen molar-refractivity contribution in [3.05, 3.63) is 0 Å². The Bertz CT molecular complexity index is 286. The highest BCUT2D eigenvalue weighted by molar-refractivity contribution is 4.96. The number of nitrogens with zero attached hydrogens (tertiary/aromatic N) is 2. The Balaban J connectivity index is 1.65. The Morgan fingerprint density at radius 1 is 1.11 bits per heavy atom. The van der Waals surface area contributed by atoms with Crippen molar-refractivity contribution in [3.8, 4) is 0 Å². The second kappa shape index (κ2) is 5.06. The average molecular weight is 255 g/mol. The van der Waals surface area contributed by atoms with Gasteiger partial charge < -0.3 is 20.1 Å². The molecule has 1 spiro atoms. The van der Waals surface area contributed by atoms with Crippen LogP contribution in [0.15, 0.2) is 0 Å². The maximum Gasteiger partial charge on any atom is 0.170 e. The van der Waals surface area contributed by atoms with E-state index in [1.807, 2.05) is 0 Å². The number of likely N-dealkylation sites (N-methyl/N-ethyl adjacent to an activating group) is 1. The van der Waals surface area contributed by atoms with Crippen LogP contribution in [-0.4, -0.2) is 74.1 Å². The normalized spacial score (nSPS) is 38.3. The molecule has 104 valence electrons. The van der Waals surface area contributed by atoms with Gasteiger partial charge in [-0.2, -0.15) is 0 Å². The molecule has 0 amide bonds. The molecule has 1 aliphatic carbocycles. The minimum absolute atomic E-state index is 0.270. The monoisotopic (exact) mass is 255 g/mol. The number of ether oxygens (including phenoxy) is 2. The molecular formula is C13H25N3O2. The van der Waals surface area contributed by atoms with Crippen LogP contribution in [0.4, 0.5) is 0 Å². The van der Waals surface area contributed by atoms with Gasteiger partial charge >= 0.3 is 0 Å². The summed E-state index contributed by atoms with van der Waals surface area (Å²) in [5.74, 6) is -0.316. The van der Waals surface area contributed by atoms with E-state index >= 15 is 0 Å². The third-order valence-electron chi connectivity index (χ3n) is 4.69. The van der Waals surface area contributed by atoms with Crippen LogP contribution in [0.5, 0.6) is 0 Å². The first-order chi connectivity index (χ1) is 8.69. The Kier molecular flexibility index (Phi) is 3.60. The van der Waals surface area contributed by atoms with E-state index in [4.69, 9.17) is 15.2 Å². The number of piperazine rings is 1. The summed E-state index contributed by atoms with van der Waals surface area (Å²) in [5, 5.41) is 0. The van der Waals surface area contributed by atoms with Crippen molar-refractivity contribution >= 4 is 0 Å². The SMILES string of the molecule is CN1CCN(C2CC3(CCC2N)OCCO3)CC1. The van der Waals surface area contributed by atoms with E-state index in [0.717, 1.165) is 58.7 Å². The summed E-state index contributed by atoms with van der Waals surface area (Å²) >= 11 is 0. The van der Waals surface area contributed by atoms with Gasteiger partial charge in [0.05, 0.1) is 13.2 Å². The molecule has 3 fully saturated rings. The maximum atomic E-state index is 6.33. The lowest BCUT2D eigenvalue weighted by molar-refractivity contribution is -0.192. The first-order valence-corrected chi connectivity index (χ1v) is 7.15. The molecule has 0 aromatic carbocycles. The molecule has 3 rings (SSSR count). The Morgan fingerprint density at radius 2 is 1.78 bits per heavy atom. The lowest BCUT2D eigenvalue weighted by Crippen LogP contribution is -2.60. The third kappa shape index (κ3) is 2.42. The van der Waals surface area contributed by atoms with Gasteiger partial charge in [0.1, 0.15) is 0 Å². The van der Waals surface area contributed by atoms with Crippen molar-refractivity contribution in [1.29, 1.82) is 0 Å². The number of nitrogens with two attached hydrogens (primary N) is 1. The van der Waals surface area contributed by atoms with E-state index < -0.39 is 0 Å². The van der Waals surface area contributed by atoms with Gasteiger partial charge in [-0.1, -0.05) is 0 Å². The standard InChI is InChI=1S/C13H25N3O2/c1-15-4-6-16(7-5-15)12-10-13(3-2-11(12)14)17-8-9-18-13/h11-12H,2-10,14H2,1H3. The molecule has 0 bridgehead atoms. The van der Waals surface area contributed by atoms with Crippen LogP contribution in [0.3, 0.4) is 0 Å². The van der Waals surface area contributed by atoms with Crippen molar-refractivity contribution in [3.63, 3.8) is 0 Å². The summed E-state index contributed by atoms with van der Waals surface area (Å²) in [6.45, 7) is 5.99. The van der Waals surface area contributed by atoms with Crippen LogP contribution in [0.1, 0.15) is 19.3 Å². The summed E-state index contributed by atoms with van der Waals surface area (Å²) in [6.07, 6.45) is 2.91. The Labute approximate surface area is 109 Å².